The molecule has 1 aromatic carbocycles. The predicted molar refractivity (Wildman–Crippen MR) is 101 cm³/mol. The lowest BCUT2D eigenvalue weighted by Crippen LogP contribution is -2.22. The minimum atomic E-state index is -0.146. The van der Waals surface area contributed by atoms with Crippen molar-refractivity contribution in [2.45, 2.75) is 31.7 Å². The van der Waals surface area contributed by atoms with Crippen molar-refractivity contribution in [3.05, 3.63) is 81.6 Å². The second-order valence-corrected chi connectivity index (χ2v) is 7.67. The molecule has 0 amide bonds. The number of hydrogen-bond acceptors (Lipinski definition) is 6. The van der Waals surface area contributed by atoms with E-state index in [1.54, 1.807) is 6.20 Å². The maximum atomic E-state index is 12.8. The van der Waals surface area contributed by atoms with Crippen molar-refractivity contribution >= 4 is 11.0 Å². The number of rotatable bonds is 3. The van der Waals surface area contributed by atoms with E-state index in [1.807, 2.05) is 13.0 Å². The van der Waals surface area contributed by atoms with Crippen LogP contribution in [0, 0.1) is 12.8 Å². The third-order valence-electron chi connectivity index (χ3n) is 6.06. The lowest BCUT2D eigenvalue weighted by molar-refractivity contribution is 0.364. The quantitative estimate of drug-likeness (QED) is 0.550. The van der Waals surface area contributed by atoms with Crippen molar-refractivity contribution in [2.75, 3.05) is 0 Å². The first kappa shape index (κ1) is 15.7. The van der Waals surface area contributed by atoms with Crippen molar-refractivity contribution in [2.24, 2.45) is 5.92 Å². The van der Waals surface area contributed by atoms with E-state index >= 15 is 0 Å². The summed E-state index contributed by atoms with van der Waals surface area (Å²) in [6, 6.07) is 10.4. The largest absolute Gasteiger partial charge is 0.337 e. The van der Waals surface area contributed by atoms with Gasteiger partial charge >= 0.3 is 0 Å². The Morgan fingerprint density at radius 1 is 1.18 bits per heavy atom. The summed E-state index contributed by atoms with van der Waals surface area (Å²) < 4.78 is 6.95. The third-order valence-corrected chi connectivity index (χ3v) is 6.06. The topological polar surface area (TPSA) is 86.7 Å². The Balaban J connectivity index is 1.28. The molecule has 2 aliphatic rings. The van der Waals surface area contributed by atoms with Gasteiger partial charge in [-0.15, -0.1) is 0 Å². The first-order valence-electron chi connectivity index (χ1n) is 9.42. The number of pyridine rings is 1. The standard InChI is InChI=1S/C21H17N5O2/c1-11-6-7-22-19-16(11)21(27)26(10-23-19)9-15-24-20(25-28-15)18-14-8-12-4-2-3-5-13(12)17(14)18/h2-7,10,14,17-18H,8-9H2,1H3/t14?,17-,18-/m0/s1. The second-order valence-electron chi connectivity index (χ2n) is 7.67. The maximum absolute atomic E-state index is 12.8. The summed E-state index contributed by atoms with van der Waals surface area (Å²) in [5.41, 5.74) is 4.02. The smallest absolute Gasteiger partial charge is 0.263 e. The van der Waals surface area contributed by atoms with Crippen molar-refractivity contribution < 1.29 is 4.52 Å². The fourth-order valence-electron chi connectivity index (χ4n) is 4.66. The highest BCUT2D eigenvalue weighted by molar-refractivity contribution is 5.76. The zero-order chi connectivity index (χ0) is 18.8. The van der Waals surface area contributed by atoms with Crippen molar-refractivity contribution in [1.82, 2.24) is 24.7 Å². The van der Waals surface area contributed by atoms with E-state index in [4.69, 9.17) is 4.52 Å². The molecule has 138 valence electrons. The van der Waals surface area contributed by atoms with Gasteiger partial charge in [0.1, 0.15) is 12.9 Å². The highest BCUT2D eigenvalue weighted by atomic mass is 16.5. The first-order chi connectivity index (χ1) is 13.7. The van der Waals surface area contributed by atoms with Gasteiger partial charge in [0.15, 0.2) is 11.5 Å². The van der Waals surface area contributed by atoms with Gasteiger partial charge in [-0.2, -0.15) is 4.98 Å². The number of aromatic nitrogens is 5. The predicted octanol–water partition coefficient (Wildman–Crippen LogP) is 2.58. The van der Waals surface area contributed by atoms with Crippen LogP contribution in [0.5, 0.6) is 0 Å². The van der Waals surface area contributed by atoms with Gasteiger partial charge in [-0.3, -0.25) is 9.36 Å². The summed E-state index contributed by atoms with van der Waals surface area (Å²) in [6.45, 7) is 2.09. The van der Waals surface area contributed by atoms with Crippen LogP contribution in [-0.4, -0.2) is 24.7 Å². The average molecular weight is 371 g/mol. The fraction of sp³-hybridized carbons (Fsp3) is 0.286. The molecule has 0 radical (unpaired) electrons. The number of aryl methyl sites for hydroxylation is 1. The third kappa shape index (κ3) is 2.19. The van der Waals surface area contributed by atoms with Gasteiger partial charge in [0.2, 0.25) is 5.89 Å². The highest BCUT2D eigenvalue weighted by Gasteiger charge is 2.58. The molecule has 0 aliphatic heterocycles. The lowest BCUT2D eigenvalue weighted by Gasteiger charge is -2.05. The van der Waals surface area contributed by atoms with Crippen LogP contribution in [0.1, 0.15) is 40.2 Å². The van der Waals surface area contributed by atoms with Crippen LogP contribution in [-0.2, 0) is 13.0 Å². The van der Waals surface area contributed by atoms with E-state index < -0.39 is 0 Å². The Bertz CT molecular complexity index is 1290. The number of fused-ring (bicyclic) bond motifs is 4. The van der Waals surface area contributed by atoms with Gasteiger partial charge in [0.05, 0.1) is 5.39 Å². The molecular weight excluding hydrogens is 354 g/mol. The van der Waals surface area contributed by atoms with Gasteiger partial charge in [-0.1, -0.05) is 29.4 Å². The van der Waals surface area contributed by atoms with E-state index in [0.29, 0.717) is 34.7 Å². The lowest BCUT2D eigenvalue weighted by atomic mass is 10.0. The summed E-state index contributed by atoms with van der Waals surface area (Å²) >= 11 is 0. The molecule has 3 atom stereocenters. The van der Waals surface area contributed by atoms with Gasteiger partial charge in [-0.25, -0.2) is 9.97 Å². The maximum Gasteiger partial charge on any atom is 0.263 e. The number of nitrogens with zero attached hydrogens (tertiary/aromatic N) is 5. The van der Waals surface area contributed by atoms with Gasteiger partial charge in [0, 0.05) is 12.1 Å². The van der Waals surface area contributed by atoms with Crippen molar-refractivity contribution in [1.29, 1.82) is 0 Å². The van der Waals surface area contributed by atoms with Gasteiger partial charge < -0.3 is 4.52 Å². The van der Waals surface area contributed by atoms with E-state index in [2.05, 4.69) is 44.4 Å². The molecule has 1 saturated carbocycles. The Morgan fingerprint density at radius 2 is 2.07 bits per heavy atom. The van der Waals surface area contributed by atoms with Gasteiger partial charge in [-0.05, 0) is 47.9 Å². The molecule has 1 unspecified atom stereocenters. The summed E-state index contributed by atoms with van der Waals surface area (Å²) in [5.74, 6) is 2.57. The molecule has 0 saturated heterocycles. The molecular formula is C21H17N5O2. The Morgan fingerprint density at radius 3 is 3.00 bits per heavy atom. The molecule has 2 aliphatic carbocycles. The van der Waals surface area contributed by atoms with Crippen LogP contribution >= 0.6 is 0 Å². The molecule has 3 heterocycles. The molecule has 6 rings (SSSR count). The molecule has 28 heavy (non-hydrogen) atoms. The summed E-state index contributed by atoms with van der Waals surface area (Å²) in [6.07, 6.45) is 4.22. The monoisotopic (exact) mass is 371 g/mol. The van der Waals surface area contributed by atoms with Crippen molar-refractivity contribution in [3.63, 3.8) is 0 Å². The van der Waals surface area contributed by atoms with Crippen LogP contribution in [0.25, 0.3) is 11.0 Å². The minimum Gasteiger partial charge on any atom is -0.337 e. The van der Waals surface area contributed by atoms with Crippen LogP contribution in [0.4, 0.5) is 0 Å². The Kier molecular flexibility index (Phi) is 3.12. The molecule has 0 spiro atoms. The summed E-state index contributed by atoms with van der Waals surface area (Å²) in [5, 5.41) is 4.73. The Labute approximate surface area is 160 Å². The SMILES string of the molecule is Cc1ccnc2ncn(Cc3nc([C@H]4C5Cc6ccccc6[C@@H]54)no3)c(=O)c12. The fourth-order valence-corrected chi connectivity index (χ4v) is 4.66. The second kappa shape index (κ2) is 5.58. The van der Waals surface area contributed by atoms with E-state index in [9.17, 15) is 4.79 Å². The van der Waals surface area contributed by atoms with Crippen LogP contribution in [0.2, 0.25) is 0 Å². The van der Waals surface area contributed by atoms with Crippen LogP contribution < -0.4 is 5.56 Å². The Hall–Kier alpha value is -3.35. The zero-order valence-corrected chi connectivity index (χ0v) is 15.2. The van der Waals surface area contributed by atoms with Crippen molar-refractivity contribution in [3.8, 4) is 0 Å². The van der Waals surface area contributed by atoms with E-state index in [0.717, 1.165) is 17.8 Å². The molecule has 4 aromatic rings. The average Bonchev–Trinajstić information content (AvgIpc) is 3.04. The van der Waals surface area contributed by atoms with Gasteiger partial charge in [0.25, 0.3) is 5.56 Å². The molecule has 7 nitrogen and oxygen atoms in total. The summed E-state index contributed by atoms with van der Waals surface area (Å²) in [7, 11) is 0. The molecule has 0 bridgehead atoms. The molecule has 0 N–H and O–H groups in total. The number of benzene rings is 1. The van der Waals surface area contributed by atoms with E-state index in [1.165, 1.54) is 22.0 Å². The summed E-state index contributed by atoms with van der Waals surface area (Å²) in [4.78, 5) is 25.8. The van der Waals surface area contributed by atoms with Crippen LogP contribution in [0.3, 0.4) is 0 Å². The zero-order valence-electron chi connectivity index (χ0n) is 15.2. The number of hydrogen-bond donors (Lipinski definition) is 0. The minimum absolute atomic E-state index is 0.146. The van der Waals surface area contributed by atoms with Crippen LogP contribution in [0.15, 0.2) is 52.2 Å². The normalized spacial score (nSPS) is 22.2. The molecule has 3 aromatic heterocycles. The first-order valence-corrected chi connectivity index (χ1v) is 9.42. The molecule has 7 heteroatoms. The highest BCUT2D eigenvalue weighted by Crippen LogP contribution is 2.65. The van der Waals surface area contributed by atoms with E-state index in [-0.39, 0.29) is 12.1 Å². The molecule has 1 fully saturated rings.